The molecule has 3 rings (SSSR count). The normalized spacial score (nSPS) is 12.1. The quantitative estimate of drug-likeness (QED) is 0.753. The summed E-state index contributed by atoms with van der Waals surface area (Å²) in [6.07, 6.45) is 2.22. The summed E-state index contributed by atoms with van der Waals surface area (Å²) in [6.45, 7) is 3.10. The maximum Gasteiger partial charge on any atom is 0.0481 e. The highest BCUT2D eigenvalue weighted by molar-refractivity contribution is 5.85. The van der Waals surface area contributed by atoms with Gasteiger partial charge < -0.3 is 9.88 Å². The summed E-state index contributed by atoms with van der Waals surface area (Å²) in [5, 5.41) is 4.94. The van der Waals surface area contributed by atoms with Crippen LogP contribution < -0.4 is 5.32 Å². The minimum absolute atomic E-state index is 0. The van der Waals surface area contributed by atoms with Gasteiger partial charge in [-0.15, -0.1) is 12.4 Å². The molecule has 0 spiro atoms. The van der Waals surface area contributed by atoms with Crippen molar-refractivity contribution in [3.05, 3.63) is 71.9 Å². The molecule has 0 amide bonds. The summed E-state index contributed by atoms with van der Waals surface area (Å²) < 4.78 is 2.19. The van der Waals surface area contributed by atoms with E-state index in [0.29, 0.717) is 6.04 Å². The molecule has 3 heteroatoms. The van der Waals surface area contributed by atoms with Crippen LogP contribution in [0.25, 0.3) is 10.9 Å². The molecule has 1 N–H and O–H groups in total. The van der Waals surface area contributed by atoms with Crippen LogP contribution >= 0.6 is 12.4 Å². The molecule has 1 atom stereocenters. The summed E-state index contributed by atoms with van der Waals surface area (Å²) in [5.74, 6) is 0. The van der Waals surface area contributed by atoms with Gasteiger partial charge in [0.1, 0.15) is 0 Å². The Morgan fingerprint density at radius 1 is 1.00 bits per heavy atom. The molecule has 1 unspecified atom stereocenters. The Labute approximate surface area is 132 Å². The fourth-order valence-electron chi connectivity index (χ4n) is 2.69. The fraction of sp³-hybridized carbons (Fsp3) is 0.222. The molecule has 1 heterocycles. The Kier molecular flexibility index (Phi) is 5.05. The summed E-state index contributed by atoms with van der Waals surface area (Å²) >= 11 is 0. The second-order valence-electron chi connectivity index (χ2n) is 5.30. The monoisotopic (exact) mass is 300 g/mol. The largest absolute Gasteiger partial charge is 0.350 e. The first-order chi connectivity index (χ1) is 9.75. The Bertz CT molecular complexity index is 704. The molecule has 0 aliphatic carbocycles. The minimum atomic E-state index is 0. The summed E-state index contributed by atoms with van der Waals surface area (Å²) in [5.41, 5.74) is 3.97. The zero-order valence-electron chi connectivity index (χ0n) is 12.4. The first-order valence-corrected chi connectivity index (χ1v) is 7.07. The second kappa shape index (κ2) is 6.79. The van der Waals surface area contributed by atoms with Gasteiger partial charge in [0.25, 0.3) is 0 Å². The van der Waals surface area contributed by atoms with Crippen molar-refractivity contribution in [1.29, 1.82) is 0 Å². The van der Waals surface area contributed by atoms with Gasteiger partial charge in [0, 0.05) is 36.7 Å². The van der Waals surface area contributed by atoms with Crippen LogP contribution in [0, 0.1) is 0 Å². The van der Waals surface area contributed by atoms with E-state index in [1.807, 2.05) is 0 Å². The van der Waals surface area contributed by atoms with Gasteiger partial charge in [-0.05, 0) is 24.1 Å². The Morgan fingerprint density at radius 2 is 1.67 bits per heavy atom. The lowest BCUT2D eigenvalue weighted by atomic mass is 10.1. The van der Waals surface area contributed by atoms with Gasteiger partial charge in [-0.3, -0.25) is 0 Å². The third-order valence-corrected chi connectivity index (χ3v) is 3.88. The SMILES string of the molecule is CC(NCc1cn(C)c2ccccc12)c1ccccc1.Cl. The average Bonchev–Trinajstić information content (AvgIpc) is 2.83. The maximum absolute atomic E-state index is 3.61. The molecular formula is C18H21ClN2. The smallest absolute Gasteiger partial charge is 0.0481 e. The number of halogens is 1. The van der Waals surface area contributed by atoms with E-state index in [9.17, 15) is 0 Å². The van der Waals surface area contributed by atoms with Crippen LogP contribution in [0.1, 0.15) is 24.1 Å². The van der Waals surface area contributed by atoms with E-state index in [-0.39, 0.29) is 12.4 Å². The number of hydrogen-bond acceptors (Lipinski definition) is 1. The van der Waals surface area contributed by atoms with Crippen LogP contribution in [-0.4, -0.2) is 4.57 Å². The van der Waals surface area contributed by atoms with Crippen molar-refractivity contribution < 1.29 is 0 Å². The van der Waals surface area contributed by atoms with Gasteiger partial charge in [-0.1, -0.05) is 48.5 Å². The topological polar surface area (TPSA) is 17.0 Å². The number of para-hydroxylation sites is 1. The summed E-state index contributed by atoms with van der Waals surface area (Å²) in [6, 6.07) is 19.5. The highest BCUT2D eigenvalue weighted by Crippen LogP contribution is 2.21. The standard InChI is InChI=1S/C18H20N2.ClH/c1-14(15-8-4-3-5-9-15)19-12-16-13-20(2)18-11-7-6-10-17(16)18;/h3-11,13-14,19H,12H2,1-2H3;1H. The van der Waals surface area contributed by atoms with Crippen molar-refractivity contribution in [1.82, 2.24) is 9.88 Å². The molecule has 0 radical (unpaired) electrons. The number of aromatic nitrogens is 1. The lowest BCUT2D eigenvalue weighted by molar-refractivity contribution is 0.576. The fourth-order valence-corrected chi connectivity index (χ4v) is 2.69. The predicted molar refractivity (Wildman–Crippen MR) is 91.9 cm³/mol. The molecule has 0 fully saturated rings. The first-order valence-electron chi connectivity index (χ1n) is 7.07. The molecule has 0 saturated carbocycles. The number of benzene rings is 2. The minimum Gasteiger partial charge on any atom is -0.350 e. The highest BCUT2D eigenvalue weighted by atomic mass is 35.5. The van der Waals surface area contributed by atoms with Crippen molar-refractivity contribution in [2.75, 3.05) is 0 Å². The lowest BCUT2D eigenvalue weighted by Gasteiger charge is -2.13. The Hall–Kier alpha value is -1.77. The number of nitrogens with one attached hydrogen (secondary N) is 1. The number of rotatable bonds is 4. The van der Waals surface area contributed by atoms with E-state index < -0.39 is 0 Å². The van der Waals surface area contributed by atoms with Gasteiger partial charge in [-0.2, -0.15) is 0 Å². The molecule has 110 valence electrons. The molecule has 21 heavy (non-hydrogen) atoms. The maximum atomic E-state index is 3.61. The van der Waals surface area contributed by atoms with Crippen LogP contribution in [0.3, 0.4) is 0 Å². The van der Waals surface area contributed by atoms with Crippen LogP contribution in [0.15, 0.2) is 60.8 Å². The molecule has 0 saturated heterocycles. The average molecular weight is 301 g/mol. The number of nitrogens with zero attached hydrogens (tertiary/aromatic N) is 1. The molecule has 2 nitrogen and oxygen atoms in total. The van der Waals surface area contributed by atoms with Gasteiger partial charge in [0.15, 0.2) is 0 Å². The van der Waals surface area contributed by atoms with Crippen LogP contribution in [0.5, 0.6) is 0 Å². The van der Waals surface area contributed by atoms with Gasteiger partial charge >= 0.3 is 0 Å². The van der Waals surface area contributed by atoms with Crippen molar-refractivity contribution >= 4 is 23.3 Å². The molecule has 2 aromatic carbocycles. The molecule has 0 aliphatic rings. The van der Waals surface area contributed by atoms with Gasteiger partial charge in [-0.25, -0.2) is 0 Å². The zero-order chi connectivity index (χ0) is 13.9. The number of aryl methyl sites for hydroxylation is 1. The molecule has 0 aliphatic heterocycles. The molecule has 0 bridgehead atoms. The molecule has 1 aromatic heterocycles. The third kappa shape index (κ3) is 3.29. The zero-order valence-corrected chi connectivity index (χ0v) is 13.2. The summed E-state index contributed by atoms with van der Waals surface area (Å²) in [7, 11) is 2.10. The van der Waals surface area contributed by atoms with Crippen molar-refractivity contribution in [2.24, 2.45) is 7.05 Å². The molecule has 3 aromatic rings. The van der Waals surface area contributed by atoms with E-state index in [0.717, 1.165) is 6.54 Å². The number of hydrogen-bond donors (Lipinski definition) is 1. The second-order valence-corrected chi connectivity index (χ2v) is 5.30. The van der Waals surface area contributed by atoms with E-state index in [1.54, 1.807) is 0 Å². The van der Waals surface area contributed by atoms with E-state index >= 15 is 0 Å². The third-order valence-electron chi connectivity index (χ3n) is 3.88. The van der Waals surface area contributed by atoms with Crippen LogP contribution in [0.4, 0.5) is 0 Å². The van der Waals surface area contributed by atoms with Gasteiger partial charge in [0.2, 0.25) is 0 Å². The lowest BCUT2D eigenvalue weighted by Crippen LogP contribution is -2.17. The van der Waals surface area contributed by atoms with E-state index in [1.165, 1.54) is 22.0 Å². The first kappa shape index (κ1) is 15.6. The predicted octanol–water partition coefficient (Wildman–Crippen LogP) is 4.45. The number of fused-ring (bicyclic) bond motifs is 1. The van der Waals surface area contributed by atoms with Crippen LogP contribution in [0.2, 0.25) is 0 Å². The van der Waals surface area contributed by atoms with Crippen molar-refractivity contribution in [2.45, 2.75) is 19.5 Å². The van der Waals surface area contributed by atoms with Crippen molar-refractivity contribution in [3.63, 3.8) is 0 Å². The van der Waals surface area contributed by atoms with Gasteiger partial charge in [0.05, 0.1) is 0 Å². The Morgan fingerprint density at radius 3 is 2.43 bits per heavy atom. The van der Waals surface area contributed by atoms with Crippen molar-refractivity contribution in [3.8, 4) is 0 Å². The summed E-state index contributed by atoms with van der Waals surface area (Å²) in [4.78, 5) is 0. The van der Waals surface area contributed by atoms with E-state index in [4.69, 9.17) is 0 Å². The van der Waals surface area contributed by atoms with E-state index in [2.05, 4.69) is 84.6 Å². The van der Waals surface area contributed by atoms with Crippen LogP contribution in [-0.2, 0) is 13.6 Å². The highest BCUT2D eigenvalue weighted by Gasteiger charge is 2.08. The molecular weight excluding hydrogens is 280 g/mol. The Balaban J connectivity index is 0.00000161.